The van der Waals surface area contributed by atoms with Gasteiger partial charge in [0.25, 0.3) is 0 Å². The minimum Gasteiger partial charge on any atom is -0.329 e. The Morgan fingerprint density at radius 2 is 2.00 bits per heavy atom. The van der Waals surface area contributed by atoms with E-state index in [9.17, 15) is 0 Å². The maximum Gasteiger partial charge on any atom is 0.0485 e. The SMILES string of the molecule is NCC(c1cc(Cl)ccc1Br)N1CCCC2CCCCC21. The second-order valence-electron chi connectivity index (χ2n) is 6.41. The summed E-state index contributed by atoms with van der Waals surface area (Å²) >= 11 is 9.90. The van der Waals surface area contributed by atoms with Gasteiger partial charge in [-0.25, -0.2) is 0 Å². The van der Waals surface area contributed by atoms with Crippen molar-refractivity contribution in [2.24, 2.45) is 11.7 Å². The number of halogens is 2. The first-order valence-electron chi connectivity index (χ1n) is 8.11. The van der Waals surface area contributed by atoms with Gasteiger partial charge in [-0.15, -0.1) is 0 Å². The van der Waals surface area contributed by atoms with Crippen LogP contribution < -0.4 is 5.73 Å². The molecular formula is C17H24BrClN2. The first kappa shape index (κ1) is 15.8. The Kier molecular flexibility index (Phi) is 5.26. The van der Waals surface area contributed by atoms with Crippen molar-refractivity contribution < 1.29 is 0 Å². The maximum atomic E-state index is 6.21. The van der Waals surface area contributed by atoms with Gasteiger partial charge in [-0.1, -0.05) is 40.4 Å². The molecule has 21 heavy (non-hydrogen) atoms. The van der Waals surface area contributed by atoms with Crippen LogP contribution in [0.15, 0.2) is 22.7 Å². The predicted octanol–water partition coefficient (Wildman–Crippen LogP) is 4.76. The molecule has 1 heterocycles. The maximum absolute atomic E-state index is 6.21. The highest BCUT2D eigenvalue weighted by Crippen LogP contribution is 2.40. The van der Waals surface area contributed by atoms with Gasteiger partial charge >= 0.3 is 0 Å². The summed E-state index contributed by atoms with van der Waals surface area (Å²) in [5, 5.41) is 0.795. The lowest BCUT2D eigenvalue weighted by Crippen LogP contribution is -2.50. The molecule has 0 spiro atoms. The quantitative estimate of drug-likeness (QED) is 0.830. The zero-order valence-corrected chi connectivity index (χ0v) is 14.7. The molecule has 3 unspecified atom stereocenters. The lowest BCUT2D eigenvalue weighted by atomic mass is 9.77. The van der Waals surface area contributed by atoms with E-state index in [2.05, 4.69) is 26.9 Å². The summed E-state index contributed by atoms with van der Waals surface area (Å²) in [5.74, 6) is 0.875. The van der Waals surface area contributed by atoms with Gasteiger partial charge in [0.1, 0.15) is 0 Å². The highest BCUT2D eigenvalue weighted by molar-refractivity contribution is 9.10. The Balaban J connectivity index is 1.89. The minimum absolute atomic E-state index is 0.281. The molecule has 1 aliphatic heterocycles. The summed E-state index contributed by atoms with van der Waals surface area (Å²) in [7, 11) is 0. The Bertz CT molecular complexity index is 492. The van der Waals surface area contributed by atoms with Gasteiger partial charge < -0.3 is 5.73 Å². The van der Waals surface area contributed by atoms with Crippen molar-refractivity contribution in [2.45, 2.75) is 50.6 Å². The average molecular weight is 372 g/mol. The van der Waals surface area contributed by atoms with Crippen LogP contribution in [0.25, 0.3) is 0 Å². The number of rotatable bonds is 3. The van der Waals surface area contributed by atoms with Crippen LogP contribution in [-0.2, 0) is 0 Å². The van der Waals surface area contributed by atoms with E-state index in [-0.39, 0.29) is 6.04 Å². The van der Waals surface area contributed by atoms with Crippen LogP contribution in [0, 0.1) is 5.92 Å². The minimum atomic E-state index is 0.281. The lowest BCUT2D eigenvalue weighted by Gasteiger charge is -2.47. The monoisotopic (exact) mass is 370 g/mol. The van der Waals surface area contributed by atoms with Gasteiger partial charge in [0.2, 0.25) is 0 Å². The molecule has 1 aromatic rings. The molecule has 0 bridgehead atoms. The van der Waals surface area contributed by atoms with Crippen LogP contribution in [0.3, 0.4) is 0 Å². The van der Waals surface area contributed by atoms with Gasteiger partial charge in [0, 0.05) is 28.1 Å². The van der Waals surface area contributed by atoms with Gasteiger partial charge in [0.05, 0.1) is 0 Å². The van der Waals surface area contributed by atoms with Crippen LogP contribution >= 0.6 is 27.5 Å². The largest absolute Gasteiger partial charge is 0.329 e. The summed E-state index contributed by atoms with van der Waals surface area (Å²) in [6.45, 7) is 1.82. The highest BCUT2D eigenvalue weighted by Gasteiger charge is 2.37. The molecule has 1 aliphatic carbocycles. The van der Waals surface area contributed by atoms with E-state index >= 15 is 0 Å². The molecule has 1 saturated heterocycles. The van der Waals surface area contributed by atoms with E-state index in [1.165, 1.54) is 50.6 Å². The van der Waals surface area contributed by atoms with Gasteiger partial charge in [-0.05, 0) is 61.9 Å². The van der Waals surface area contributed by atoms with Crippen LogP contribution in [0.5, 0.6) is 0 Å². The average Bonchev–Trinajstić information content (AvgIpc) is 2.51. The first-order chi connectivity index (χ1) is 10.2. The summed E-state index contributed by atoms with van der Waals surface area (Å²) in [6.07, 6.45) is 8.20. The summed E-state index contributed by atoms with van der Waals surface area (Å²) in [5.41, 5.74) is 7.42. The fraction of sp³-hybridized carbons (Fsp3) is 0.647. The topological polar surface area (TPSA) is 29.3 Å². The molecule has 3 atom stereocenters. The van der Waals surface area contributed by atoms with E-state index < -0.39 is 0 Å². The molecule has 1 aromatic carbocycles. The third-order valence-corrected chi connectivity index (χ3v) is 6.18. The summed E-state index contributed by atoms with van der Waals surface area (Å²) < 4.78 is 1.13. The van der Waals surface area contributed by atoms with Crippen LogP contribution in [0.4, 0.5) is 0 Å². The number of nitrogens with zero attached hydrogens (tertiary/aromatic N) is 1. The van der Waals surface area contributed by atoms with Crippen molar-refractivity contribution in [1.82, 2.24) is 4.90 Å². The standard InChI is InChI=1S/C17H24BrClN2/c18-15-8-7-13(19)10-14(15)17(11-20)21-9-3-5-12-4-1-2-6-16(12)21/h7-8,10,12,16-17H,1-6,9,11,20H2. The number of benzene rings is 1. The molecular weight excluding hydrogens is 348 g/mol. The predicted molar refractivity (Wildman–Crippen MR) is 92.6 cm³/mol. The van der Waals surface area contributed by atoms with Gasteiger partial charge in [0.15, 0.2) is 0 Å². The molecule has 2 nitrogen and oxygen atoms in total. The van der Waals surface area contributed by atoms with E-state index in [0.29, 0.717) is 12.6 Å². The molecule has 2 aliphatic rings. The fourth-order valence-corrected chi connectivity index (χ4v) is 4.95. The van der Waals surface area contributed by atoms with Crippen molar-refractivity contribution in [3.05, 3.63) is 33.3 Å². The van der Waals surface area contributed by atoms with Crippen molar-refractivity contribution in [3.63, 3.8) is 0 Å². The zero-order valence-electron chi connectivity index (χ0n) is 12.4. The number of likely N-dealkylation sites (tertiary alicyclic amines) is 1. The molecule has 0 amide bonds. The third kappa shape index (κ3) is 3.31. The van der Waals surface area contributed by atoms with Crippen LogP contribution in [0.1, 0.15) is 50.1 Å². The molecule has 2 N–H and O–H groups in total. The van der Waals surface area contributed by atoms with Crippen molar-refractivity contribution in [3.8, 4) is 0 Å². The van der Waals surface area contributed by atoms with Crippen molar-refractivity contribution in [2.75, 3.05) is 13.1 Å². The second kappa shape index (κ2) is 6.99. The molecule has 0 aromatic heterocycles. The first-order valence-corrected chi connectivity index (χ1v) is 9.28. The number of hydrogen-bond donors (Lipinski definition) is 1. The molecule has 1 saturated carbocycles. The fourth-order valence-electron chi connectivity index (χ4n) is 4.26. The normalized spacial score (nSPS) is 28.1. The van der Waals surface area contributed by atoms with Crippen molar-refractivity contribution in [1.29, 1.82) is 0 Å². The smallest absolute Gasteiger partial charge is 0.0485 e. The van der Waals surface area contributed by atoms with Crippen LogP contribution in [-0.4, -0.2) is 24.0 Å². The number of piperidine rings is 1. The summed E-state index contributed by atoms with van der Waals surface area (Å²) in [4.78, 5) is 2.67. The van der Waals surface area contributed by atoms with E-state index in [1.807, 2.05) is 12.1 Å². The van der Waals surface area contributed by atoms with Gasteiger partial charge in [-0.2, -0.15) is 0 Å². The Hall–Kier alpha value is -0.0900. The highest BCUT2D eigenvalue weighted by atomic mass is 79.9. The van der Waals surface area contributed by atoms with E-state index in [1.54, 1.807) is 0 Å². The molecule has 0 radical (unpaired) electrons. The lowest BCUT2D eigenvalue weighted by molar-refractivity contribution is 0.0274. The van der Waals surface area contributed by atoms with Crippen molar-refractivity contribution >= 4 is 27.5 Å². The second-order valence-corrected chi connectivity index (χ2v) is 7.70. The Morgan fingerprint density at radius 1 is 1.24 bits per heavy atom. The van der Waals surface area contributed by atoms with Crippen LogP contribution in [0.2, 0.25) is 5.02 Å². The Morgan fingerprint density at radius 3 is 2.81 bits per heavy atom. The molecule has 2 fully saturated rings. The number of fused-ring (bicyclic) bond motifs is 1. The number of nitrogens with two attached hydrogens (primary N) is 1. The van der Waals surface area contributed by atoms with Gasteiger partial charge in [-0.3, -0.25) is 4.90 Å². The number of hydrogen-bond acceptors (Lipinski definition) is 2. The molecule has 4 heteroatoms. The van der Waals surface area contributed by atoms with E-state index in [0.717, 1.165) is 15.4 Å². The van der Waals surface area contributed by atoms with E-state index in [4.69, 9.17) is 17.3 Å². The third-order valence-electron chi connectivity index (χ3n) is 5.23. The molecule has 3 rings (SSSR count). The summed E-state index contributed by atoms with van der Waals surface area (Å²) in [6, 6.07) is 7.05. The zero-order chi connectivity index (χ0) is 14.8. The molecule has 116 valence electrons. The Labute approximate surface area is 141 Å².